The van der Waals surface area contributed by atoms with E-state index in [1.54, 1.807) is 0 Å². The zero-order valence-electron chi connectivity index (χ0n) is 6.31. The third-order valence-electron chi connectivity index (χ3n) is 2.35. The van der Waals surface area contributed by atoms with Crippen molar-refractivity contribution in [2.24, 2.45) is 11.7 Å². The van der Waals surface area contributed by atoms with E-state index < -0.39 is 0 Å². The van der Waals surface area contributed by atoms with Gasteiger partial charge in [0.15, 0.2) is 0 Å². The van der Waals surface area contributed by atoms with Gasteiger partial charge in [0.1, 0.15) is 0 Å². The van der Waals surface area contributed by atoms with Crippen molar-refractivity contribution in [1.82, 2.24) is 3.53 Å². The number of hydrogen-bond donors (Lipinski definition) is 2. The Morgan fingerprint density at radius 3 is 2.70 bits per heavy atom. The van der Waals surface area contributed by atoms with Crippen molar-refractivity contribution in [1.29, 1.82) is 0 Å². The van der Waals surface area contributed by atoms with Crippen molar-refractivity contribution in [3.8, 4) is 0 Å². The van der Waals surface area contributed by atoms with Gasteiger partial charge in [-0.2, -0.15) is 0 Å². The minimum atomic E-state index is 0.455. The molecule has 0 heterocycles. The van der Waals surface area contributed by atoms with Crippen LogP contribution in [0.1, 0.15) is 26.2 Å². The Labute approximate surface area is 76.4 Å². The van der Waals surface area contributed by atoms with E-state index in [-0.39, 0.29) is 0 Å². The van der Waals surface area contributed by atoms with E-state index in [9.17, 15) is 0 Å². The zero-order chi connectivity index (χ0) is 7.56. The second kappa shape index (κ2) is 3.88. The molecule has 1 saturated carbocycles. The lowest BCUT2D eigenvalue weighted by atomic mass is 9.84. The average Bonchev–Trinajstić information content (AvgIpc) is 1.88. The third kappa shape index (κ3) is 2.07. The van der Waals surface area contributed by atoms with Crippen molar-refractivity contribution < 1.29 is 0 Å². The van der Waals surface area contributed by atoms with E-state index in [1.165, 1.54) is 19.3 Å². The van der Waals surface area contributed by atoms with Crippen LogP contribution in [-0.4, -0.2) is 12.1 Å². The Bertz CT molecular complexity index is 108. The molecule has 1 aliphatic rings. The van der Waals surface area contributed by atoms with Crippen LogP contribution in [0, 0.1) is 5.92 Å². The average molecular weight is 254 g/mol. The number of hydrogen-bond acceptors (Lipinski definition) is 2. The largest absolute Gasteiger partial charge is 0.328 e. The van der Waals surface area contributed by atoms with Gasteiger partial charge in [-0.1, -0.05) is 6.92 Å². The Morgan fingerprint density at radius 2 is 2.20 bits per heavy atom. The number of nitrogens with one attached hydrogen (secondary N) is 1. The molecular weight excluding hydrogens is 239 g/mol. The topological polar surface area (TPSA) is 38.0 Å². The predicted octanol–water partition coefficient (Wildman–Crippen LogP) is 1.44. The van der Waals surface area contributed by atoms with E-state index in [0.29, 0.717) is 12.1 Å². The molecule has 1 aliphatic carbocycles. The summed E-state index contributed by atoms with van der Waals surface area (Å²) in [5, 5.41) is 0. The molecule has 2 nitrogen and oxygen atoms in total. The standard InChI is InChI=1S/C7H15IN2/c1-5-4-6(9)2-3-7(5)10-8/h5-7,10H,2-4,9H2,1H3/t5?,6?,7-/m1/s1. The fourth-order valence-electron chi connectivity index (χ4n) is 1.60. The molecule has 0 spiro atoms. The molecule has 0 radical (unpaired) electrons. The summed E-state index contributed by atoms with van der Waals surface area (Å²) in [6.07, 6.45) is 3.61. The molecule has 3 N–H and O–H groups in total. The van der Waals surface area contributed by atoms with E-state index in [1.807, 2.05) is 0 Å². The maximum Gasteiger partial charge on any atom is 0.0190 e. The van der Waals surface area contributed by atoms with Crippen LogP contribution in [0.2, 0.25) is 0 Å². The van der Waals surface area contributed by atoms with Crippen LogP contribution in [0.4, 0.5) is 0 Å². The van der Waals surface area contributed by atoms with Crippen LogP contribution in [0.25, 0.3) is 0 Å². The molecule has 0 saturated heterocycles. The molecule has 0 aromatic carbocycles. The van der Waals surface area contributed by atoms with Crippen LogP contribution < -0.4 is 9.26 Å². The fourth-order valence-corrected chi connectivity index (χ4v) is 2.53. The third-order valence-corrected chi connectivity index (χ3v) is 3.15. The summed E-state index contributed by atoms with van der Waals surface area (Å²) in [5.74, 6) is 0.751. The first-order valence-electron chi connectivity index (χ1n) is 3.85. The van der Waals surface area contributed by atoms with Crippen LogP contribution in [-0.2, 0) is 0 Å². The van der Waals surface area contributed by atoms with Crippen molar-refractivity contribution in [2.75, 3.05) is 0 Å². The van der Waals surface area contributed by atoms with Crippen molar-refractivity contribution in [3.05, 3.63) is 0 Å². The summed E-state index contributed by atoms with van der Waals surface area (Å²) in [6.45, 7) is 2.27. The monoisotopic (exact) mass is 254 g/mol. The van der Waals surface area contributed by atoms with Gasteiger partial charge in [-0.25, -0.2) is 0 Å². The van der Waals surface area contributed by atoms with E-state index in [0.717, 1.165) is 5.92 Å². The quantitative estimate of drug-likeness (QED) is 0.549. The highest BCUT2D eigenvalue weighted by atomic mass is 127. The summed E-state index contributed by atoms with van der Waals surface area (Å²) in [5.41, 5.74) is 5.81. The molecule has 10 heavy (non-hydrogen) atoms. The van der Waals surface area contributed by atoms with Gasteiger partial charge in [0.25, 0.3) is 0 Å². The van der Waals surface area contributed by atoms with E-state index >= 15 is 0 Å². The lowest BCUT2D eigenvalue weighted by molar-refractivity contribution is 0.291. The maximum atomic E-state index is 5.81. The maximum absolute atomic E-state index is 5.81. The Balaban J connectivity index is 2.36. The number of rotatable bonds is 1. The first-order valence-corrected chi connectivity index (χ1v) is 4.93. The molecule has 1 fully saturated rings. The lowest BCUT2D eigenvalue weighted by Gasteiger charge is -2.31. The molecule has 0 aliphatic heterocycles. The normalized spacial score (nSPS) is 41.7. The highest BCUT2D eigenvalue weighted by molar-refractivity contribution is 14.1. The van der Waals surface area contributed by atoms with Crippen LogP contribution >= 0.6 is 22.9 Å². The van der Waals surface area contributed by atoms with Crippen LogP contribution in [0.15, 0.2) is 0 Å². The second-order valence-corrected chi connectivity index (χ2v) is 3.89. The molecular formula is C7H15IN2. The lowest BCUT2D eigenvalue weighted by Crippen LogP contribution is -2.39. The van der Waals surface area contributed by atoms with E-state index in [2.05, 4.69) is 33.3 Å². The van der Waals surface area contributed by atoms with Crippen molar-refractivity contribution in [3.63, 3.8) is 0 Å². The summed E-state index contributed by atoms with van der Waals surface area (Å²) in [6, 6.07) is 1.15. The minimum absolute atomic E-state index is 0.455. The van der Waals surface area contributed by atoms with Gasteiger partial charge in [-0.05, 0) is 25.2 Å². The number of nitrogens with two attached hydrogens (primary N) is 1. The SMILES string of the molecule is CC1CC(N)CC[C@H]1NI. The van der Waals surface area contributed by atoms with Gasteiger partial charge >= 0.3 is 0 Å². The second-order valence-electron chi connectivity index (χ2n) is 3.27. The van der Waals surface area contributed by atoms with Gasteiger partial charge in [0.2, 0.25) is 0 Å². The Kier molecular flexibility index (Phi) is 3.39. The zero-order valence-corrected chi connectivity index (χ0v) is 8.47. The molecule has 0 aromatic rings. The molecule has 0 amide bonds. The molecule has 60 valence electrons. The molecule has 0 aromatic heterocycles. The highest BCUT2D eigenvalue weighted by Gasteiger charge is 2.24. The van der Waals surface area contributed by atoms with Gasteiger partial charge in [0.05, 0.1) is 0 Å². The smallest absolute Gasteiger partial charge is 0.0190 e. The Morgan fingerprint density at radius 1 is 1.50 bits per heavy atom. The van der Waals surface area contributed by atoms with Gasteiger partial charge in [-0.3, -0.25) is 3.53 Å². The first-order chi connectivity index (χ1) is 4.74. The first kappa shape index (κ1) is 8.74. The van der Waals surface area contributed by atoms with Crippen LogP contribution in [0.5, 0.6) is 0 Å². The molecule has 3 heteroatoms. The predicted molar refractivity (Wildman–Crippen MR) is 51.9 cm³/mol. The summed E-state index contributed by atoms with van der Waals surface area (Å²) in [7, 11) is 0. The van der Waals surface area contributed by atoms with Crippen LogP contribution in [0.3, 0.4) is 0 Å². The van der Waals surface area contributed by atoms with Gasteiger partial charge in [-0.15, -0.1) is 0 Å². The van der Waals surface area contributed by atoms with Gasteiger partial charge in [0, 0.05) is 34.9 Å². The van der Waals surface area contributed by atoms with Crippen molar-refractivity contribution >= 4 is 22.9 Å². The number of halogens is 1. The summed E-state index contributed by atoms with van der Waals surface area (Å²) in [4.78, 5) is 0. The molecule has 0 bridgehead atoms. The molecule has 3 atom stereocenters. The Hall–Kier alpha value is 0.650. The minimum Gasteiger partial charge on any atom is -0.328 e. The molecule has 2 unspecified atom stereocenters. The van der Waals surface area contributed by atoms with E-state index in [4.69, 9.17) is 5.73 Å². The summed E-state index contributed by atoms with van der Waals surface area (Å²) < 4.78 is 3.29. The highest BCUT2D eigenvalue weighted by Crippen LogP contribution is 2.23. The van der Waals surface area contributed by atoms with Crippen molar-refractivity contribution in [2.45, 2.75) is 38.3 Å². The fraction of sp³-hybridized carbons (Fsp3) is 1.00. The van der Waals surface area contributed by atoms with Gasteiger partial charge < -0.3 is 5.73 Å². The molecule has 1 rings (SSSR count). The summed E-state index contributed by atoms with van der Waals surface area (Å²) >= 11 is 2.24.